The van der Waals surface area contributed by atoms with Crippen LogP contribution in [-0.2, 0) is 14.8 Å². The van der Waals surface area contributed by atoms with E-state index in [4.69, 9.17) is 0 Å². The number of nitrogens with one attached hydrogen (secondary N) is 1. The number of carbonyl (C=O) groups is 1. The van der Waals surface area contributed by atoms with Crippen molar-refractivity contribution in [3.05, 3.63) is 107 Å². The number of benzene rings is 3. The fourth-order valence-corrected chi connectivity index (χ4v) is 5.99. The first-order chi connectivity index (χ1) is 18.6. The van der Waals surface area contributed by atoms with Gasteiger partial charge < -0.3 is 4.57 Å². The van der Waals surface area contributed by atoms with Crippen LogP contribution in [0.3, 0.4) is 0 Å². The SMILES string of the molecule is CSc1ccc(S(=O)(=O)N(CC(=O)N/N=C\c2cc(C)n(-c3ccccc3F)c2C)c2ccc(C)cc2)cc1. The first-order valence-corrected chi connectivity index (χ1v) is 14.8. The van der Waals surface area contributed by atoms with E-state index in [9.17, 15) is 17.6 Å². The molecule has 0 fully saturated rings. The van der Waals surface area contributed by atoms with Gasteiger partial charge in [0.25, 0.3) is 15.9 Å². The number of rotatable bonds is 9. The number of hydrazone groups is 1. The van der Waals surface area contributed by atoms with E-state index in [1.807, 2.05) is 33.1 Å². The van der Waals surface area contributed by atoms with Gasteiger partial charge in [0.2, 0.25) is 0 Å². The maximum absolute atomic E-state index is 14.4. The lowest BCUT2D eigenvalue weighted by molar-refractivity contribution is -0.119. The first kappa shape index (κ1) is 28.1. The average molecular weight is 565 g/mol. The highest BCUT2D eigenvalue weighted by atomic mass is 32.2. The third-order valence-electron chi connectivity index (χ3n) is 6.21. The number of anilines is 1. The molecule has 1 N–H and O–H groups in total. The number of halogens is 1. The monoisotopic (exact) mass is 564 g/mol. The lowest BCUT2D eigenvalue weighted by atomic mass is 10.2. The van der Waals surface area contributed by atoms with Crippen LogP contribution < -0.4 is 9.73 Å². The predicted octanol–water partition coefficient (Wildman–Crippen LogP) is 5.61. The minimum atomic E-state index is -4.04. The molecule has 7 nitrogen and oxygen atoms in total. The highest BCUT2D eigenvalue weighted by molar-refractivity contribution is 7.98. The lowest BCUT2D eigenvalue weighted by Crippen LogP contribution is -2.39. The van der Waals surface area contributed by atoms with Crippen molar-refractivity contribution in [1.82, 2.24) is 9.99 Å². The van der Waals surface area contributed by atoms with Crippen molar-refractivity contribution in [1.29, 1.82) is 0 Å². The van der Waals surface area contributed by atoms with E-state index >= 15 is 0 Å². The Kier molecular flexibility index (Phi) is 8.57. The van der Waals surface area contributed by atoms with Gasteiger partial charge in [-0.3, -0.25) is 9.10 Å². The van der Waals surface area contributed by atoms with Crippen LogP contribution in [0.2, 0.25) is 0 Å². The molecule has 1 heterocycles. The van der Waals surface area contributed by atoms with E-state index in [1.165, 1.54) is 36.2 Å². The lowest BCUT2D eigenvalue weighted by Gasteiger charge is -2.24. The summed E-state index contributed by atoms with van der Waals surface area (Å²) in [7, 11) is -4.04. The normalized spacial score (nSPS) is 11.6. The molecule has 0 radical (unpaired) electrons. The molecule has 4 rings (SSSR count). The predicted molar refractivity (Wildman–Crippen MR) is 155 cm³/mol. The molecule has 0 spiro atoms. The van der Waals surface area contributed by atoms with Crippen LogP contribution in [0, 0.1) is 26.6 Å². The zero-order valence-electron chi connectivity index (χ0n) is 22.1. The van der Waals surface area contributed by atoms with Crippen molar-refractivity contribution < 1.29 is 17.6 Å². The van der Waals surface area contributed by atoms with Gasteiger partial charge in [0, 0.05) is 21.8 Å². The van der Waals surface area contributed by atoms with Crippen LogP contribution in [-0.4, -0.2) is 37.9 Å². The van der Waals surface area contributed by atoms with Crippen molar-refractivity contribution in [3.8, 4) is 5.69 Å². The van der Waals surface area contributed by atoms with Crippen molar-refractivity contribution in [2.75, 3.05) is 17.1 Å². The van der Waals surface area contributed by atoms with Gasteiger partial charge in [0.1, 0.15) is 12.4 Å². The molecule has 0 unspecified atom stereocenters. The summed E-state index contributed by atoms with van der Waals surface area (Å²) >= 11 is 1.51. The number of aryl methyl sites for hydroxylation is 2. The van der Waals surface area contributed by atoms with E-state index in [0.29, 0.717) is 16.9 Å². The molecule has 202 valence electrons. The zero-order chi connectivity index (χ0) is 28.2. The topological polar surface area (TPSA) is 83.8 Å². The van der Waals surface area contributed by atoms with E-state index in [2.05, 4.69) is 10.5 Å². The molecule has 0 aliphatic rings. The van der Waals surface area contributed by atoms with Crippen molar-refractivity contribution in [2.45, 2.75) is 30.6 Å². The van der Waals surface area contributed by atoms with Gasteiger partial charge in [-0.2, -0.15) is 5.10 Å². The Hall–Kier alpha value is -3.89. The Labute approximate surface area is 232 Å². The van der Waals surface area contributed by atoms with Crippen LogP contribution in [0.4, 0.5) is 10.1 Å². The molecule has 39 heavy (non-hydrogen) atoms. The molecular formula is C29H29FN4O3S2. The van der Waals surface area contributed by atoms with Gasteiger partial charge in [-0.15, -0.1) is 11.8 Å². The second kappa shape index (κ2) is 11.9. The van der Waals surface area contributed by atoms with Crippen molar-refractivity contribution in [3.63, 3.8) is 0 Å². The minimum Gasteiger partial charge on any atom is -0.315 e. The number of nitrogens with zero attached hydrogens (tertiary/aromatic N) is 3. The largest absolute Gasteiger partial charge is 0.315 e. The molecule has 0 saturated heterocycles. The van der Waals surface area contributed by atoms with Crippen LogP contribution in [0.5, 0.6) is 0 Å². The number of hydrogen-bond donors (Lipinski definition) is 1. The molecule has 3 aromatic carbocycles. The Bertz CT molecular complexity index is 1610. The molecule has 1 aromatic heterocycles. The smallest absolute Gasteiger partial charge is 0.264 e. The molecule has 0 aliphatic carbocycles. The summed E-state index contributed by atoms with van der Waals surface area (Å²) in [4.78, 5) is 13.9. The number of para-hydroxylation sites is 1. The summed E-state index contributed by atoms with van der Waals surface area (Å²) in [5.74, 6) is -0.962. The van der Waals surface area contributed by atoms with Crippen LogP contribution in [0.1, 0.15) is 22.5 Å². The molecule has 0 bridgehead atoms. The summed E-state index contributed by atoms with van der Waals surface area (Å²) in [5.41, 5.74) is 6.40. The Balaban J connectivity index is 1.56. The van der Waals surface area contributed by atoms with Gasteiger partial charge in [-0.25, -0.2) is 18.2 Å². The summed E-state index contributed by atoms with van der Waals surface area (Å²) in [6.07, 6.45) is 3.37. The Morgan fingerprint density at radius 1 is 1.03 bits per heavy atom. The minimum absolute atomic E-state index is 0.0813. The molecular weight excluding hydrogens is 535 g/mol. The standard InChI is InChI=1S/C29H29FN4O3S2/c1-20-9-11-24(12-10-20)33(39(36,37)26-15-13-25(38-4)14-16-26)19-29(35)32-31-18-23-17-21(2)34(22(23)3)28-8-6-5-7-27(28)30/h5-18H,19H2,1-4H3,(H,32,35)/b31-18-. The van der Waals surface area contributed by atoms with Crippen molar-refractivity contribution >= 4 is 39.6 Å². The van der Waals surface area contributed by atoms with Crippen LogP contribution in [0.15, 0.2) is 93.8 Å². The van der Waals surface area contributed by atoms with Gasteiger partial charge in [-0.05, 0) is 81.6 Å². The number of hydrogen-bond acceptors (Lipinski definition) is 5. The number of carbonyl (C=O) groups excluding carboxylic acids is 1. The molecule has 4 aromatic rings. The Morgan fingerprint density at radius 3 is 2.33 bits per heavy atom. The van der Waals surface area contributed by atoms with Gasteiger partial charge >= 0.3 is 0 Å². The average Bonchev–Trinajstić information content (AvgIpc) is 3.20. The fraction of sp³-hybridized carbons (Fsp3) is 0.172. The van der Waals surface area contributed by atoms with E-state index in [-0.39, 0.29) is 10.7 Å². The highest BCUT2D eigenvalue weighted by Gasteiger charge is 2.27. The third-order valence-corrected chi connectivity index (χ3v) is 8.74. The summed E-state index contributed by atoms with van der Waals surface area (Å²) < 4.78 is 44.3. The van der Waals surface area contributed by atoms with Crippen molar-refractivity contribution in [2.24, 2.45) is 5.10 Å². The molecule has 0 aliphatic heterocycles. The van der Waals surface area contributed by atoms with Gasteiger partial charge in [0.15, 0.2) is 0 Å². The molecule has 10 heteroatoms. The molecule has 0 atom stereocenters. The van der Waals surface area contributed by atoms with Crippen LogP contribution in [0.25, 0.3) is 5.69 Å². The number of aromatic nitrogens is 1. The number of amides is 1. The molecule has 0 saturated carbocycles. The number of thioether (sulfide) groups is 1. The summed E-state index contributed by atoms with van der Waals surface area (Å²) in [6, 6.07) is 21.7. The van der Waals surface area contributed by atoms with E-state index < -0.39 is 22.5 Å². The third kappa shape index (κ3) is 6.23. The maximum Gasteiger partial charge on any atom is 0.264 e. The summed E-state index contributed by atoms with van der Waals surface area (Å²) in [6.45, 7) is 5.11. The number of sulfonamides is 1. The first-order valence-electron chi connectivity index (χ1n) is 12.1. The second-order valence-corrected chi connectivity index (χ2v) is 11.7. The zero-order valence-corrected chi connectivity index (χ0v) is 23.7. The fourth-order valence-electron chi connectivity index (χ4n) is 4.16. The van der Waals surface area contributed by atoms with Gasteiger partial charge in [-0.1, -0.05) is 29.8 Å². The van der Waals surface area contributed by atoms with Crippen LogP contribution >= 0.6 is 11.8 Å². The second-order valence-electron chi connectivity index (χ2n) is 8.93. The summed E-state index contributed by atoms with van der Waals surface area (Å²) in [5, 5.41) is 4.06. The quantitative estimate of drug-likeness (QED) is 0.163. The highest BCUT2D eigenvalue weighted by Crippen LogP contribution is 2.26. The van der Waals surface area contributed by atoms with E-state index in [0.717, 1.165) is 26.2 Å². The Morgan fingerprint density at radius 2 is 1.69 bits per heavy atom. The molecule has 1 amide bonds. The van der Waals surface area contributed by atoms with E-state index in [1.54, 1.807) is 59.2 Å². The van der Waals surface area contributed by atoms with Gasteiger partial charge in [0.05, 0.1) is 22.5 Å². The maximum atomic E-state index is 14.4.